The van der Waals surface area contributed by atoms with Crippen LogP contribution in [0.2, 0.25) is 0 Å². The fraction of sp³-hybridized carbons (Fsp3) is 0.0833. The summed E-state index contributed by atoms with van der Waals surface area (Å²) < 4.78 is 0. The van der Waals surface area contributed by atoms with Crippen molar-refractivity contribution in [1.82, 2.24) is 20.6 Å². The first kappa shape index (κ1) is 32.7. The summed E-state index contributed by atoms with van der Waals surface area (Å²) >= 11 is 0. The molecule has 0 aliphatic carbocycles. The zero-order chi connectivity index (χ0) is 36.5. The van der Waals surface area contributed by atoms with E-state index in [1.54, 1.807) is 0 Å². The average Bonchev–Trinajstić information content (AvgIpc) is 3.95. The van der Waals surface area contributed by atoms with E-state index in [1.807, 2.05) is 0 Å². The molecule has 4 atom stereocenters. The van der Waals surface area contributed by atoms with Gasteiger partial charge in [0, 0.05) is 34.7 Å². The van der Waals surface area contributed by atoms with E-state index < -0.39 is 0 Å². The van der Waals surface area contributed by atoms with Gasteiger partial charge in [-0.1, -0.05) is 109 Å². The van der Waals surface area contributed by atoms with Gasteiger partial charge >= 0.3 is 17.1 Å². The molecule has 10 aromatic rings. The Labute approximate surface area is 337 Å². The van der Waals surface area contributed by atoms with Gasteiger partial charge in [-0.3, -0.25) is 5.32 Å². The van der Waals surface area contributed by atoms with Crippen LogP contribution in [0.25, 0.3) is 75.3 Å². The van der Waals surface area contributed by atoms with Gasteiger partial charge in [0.05, 0.1) is 0 Å². The number of H-pyrrole nitrogens is 2. The van der Waals surface area contributed by atoms with Gasteiger partial charge in [-0.2, -0.15) is 0 Å². The van der Waals surface area contributed by atoms with Crippen molar-refractivity contribution in [3.63, 3.8) is 0 Å². The minimum absolute atomic E-state index is 0. The van der Waals surface area contributed by atoms with Gasteiger partial charge in [0.25, 0.3) is 0 Å². The average molecular weight is 786 g/mol. The molecule has 3 aliphatic heterocycles. The first-order valence-electron chi connectivity index (χ1n) is 19.3. The third-order valence-corrected chi connectivity index (χ3v) is 12.2. The van der Waals surface area contributed by atoms with Crippen molar-refractivity contribution in [2.45, 2.75) is 24.7 Å². The van der Waals surface area contributed by atoms with E-state index in [1.165, 1.54) is 54.2 Å². The summed E-state index contributed by atoms with van der Waals surface area (Å²) in [5.74, 6) is 3.49. The van der Waals surface area contributed by atoms with Crippen LogP contribution in [0.1, 0.15) is 46.9 Å². The molecule has 57 heavy (non-hydrogen) atoms. The van der Waals surface area contributed by atoms with Crippen LogP contribution in [0.15, 0.2) is 146 Å². The summed E-state index contributed by atoms with van der Waals surface area (Å²) in [7, 11) is 0. The number of benzene rings is 8. The first-order valence-corrected chi connectivity index (χ1v) is 19.3. The largest absolute Gasteiger partial charge is 2.00 e. The second kappa shape index (κ2) is 12.3. The normalized spacial score (nSPS) is 19.5. The Balaban J connectivity index is 0.00000356. The van der Waals surface area contributed by atoms with Gasteiger partial charge in [0.15, 0.2) is 0 Å². The van der Waals surface area contributed by atoms with E-state index in [0.29, 0.717) is 0 Å². The molecule has 8 bridgehead atoms. The zero-order valence-corrected chi connectivity index (χ0v) is 31.3. The number of nitrogens with one attached hydrogen (secondary N) is 6. The number of aromatic nitrogens is 2. The van der Waals surface area contributed by atoms with Gasteiger partial charge in [0.1, 0.15) is 12.3 Å². The molecule has 0 spiro atoms. The molecule has 9 heteroatoms. The maximum Gasteiger partial charge on any atom is 2.00 e. The Morgan fingerprint density at radius 1 is 0.351 bits per heavy atom. The van der Waals surface area contributed by atoms with Gasteiger partial charge in [-0.05, 0) is 125 Å². The number of anilines is 2. The van der Waals surface area contributed by atoms with E-state index in [-0.39, 0.29) is 41.7 Å². The van der Waals surface area contributed by atoms with Gasteiger partial charge < -0.3 is 36.6 Å². The predicted molar refractivity (Wildman–Crippen MR) is 230 cm³/mol. The second-order valence-corrected chi connectivity index (χ2v) is 15.4. The number of rotatable bonds is 0. The Bertz CT molecular complexity index is 2850. The zero-order valence-electron chi connectivity index (χ0n) is 30.4. The summed E-state index contributed by atoms with van der Waals surface area (Å²) in [4.78, 5) is 7.56. The maximum atomic E-state index is 5.52. The SMILES string of the molecule is [Cu+2].c1ccc2cc3c(cc2c1)C1[N-]c2[nH]c(c4cc5ccccc5cc24)NC2NC(Nc4[nH]c(c5cc6ccccc6cc45)[N-]C3N1)c1cc3ccccc3cc12. The number of nitrogens with zero attached hydrogens (tertiary/aromatic N) is 2. The fourth-order valence-electron chi connectivity index (χ4n) is 9.42. The van der Waals surface area contributed by atoms with Crippen molar-refractivity contribution in [3.05, 3.63) is 178 Å². The second-order valence-electron chi connectivity index (χ2n) is 15.4. The molecule has 8 nitrogen and oxygen atoms in total. The van der Waals surface area contributed by atoms with Gasteiger partial charge in [0.2, 0.25) is 0 Å². The van der Waals surface area contributed by atoms with E-state index in [0.717, 1.165) is 55.9 Å². The van der Waals surface area contributed by atoms with Gasteiger partial charge in [-0.15, -0.1) is 0 Å². The third-order valence-electron chi connectivity index (χ3n) is 12.2. The van der Waals surface area contributed by atoms with Crippen LogP contribution in [0, 0.1) is 0 Å². The molecule has 0 fully saturated rings. The molecule has 1 radical (unpaired) electrons. The summed E-state index contributed by atoms with van der Waals surface area (Å²) in [6.45, 7) is 0. The molecule has 13 rings (SSSR count). The van der Waals surface area contributed by atoms with Crippen LogP contribution in [0.3, 0.4) is 0 Å². The minimum Gasteiger partial charge on any atom is -0.445 e. The quantitative estimate of drug-likeness (QED) is 0.0861. The predicted octanol–water partition coefficient (Wildman–Crippen LogP) is 12.4. The molecule has 4 unspecified atom stereocenters. The van der Waals surface area contributed by atoms with Crippen LogP contribution in [0.5, 0.6) is 0 Å². The standard InChI is InChI=1S/C48H34N8.Cu/c1-2-10-26-18-34-33(17-25(26)9-1)41-49-42(34)54-44-37-21-29-13-5-6-14-30(29)22-38(37)46(51-44)56-48-40-24-32-16-8-7-15-31(32)23-39(40)47(52-48)55-45-36-20-28-12-4-3-11-27(28)19-35(36)43(50-45)53-41;/h1-24,41-42,47-54H;/q-2;+2. The van der Waals surface area contributed by atoms with E-state index in [4.69, 9.17) is 10.6 Å². The van der Waals surface area contributed by atoms with Crippen LogP contribution < -0.4 is 21.3 Å². The van der Waals surface area contributed by atoms with Crippen molar-refractivity contribution in [1.29, 1.82) is 0 Å². The molecule has 2 aromatic heterocycles. The molecule has 0 amide bonds. The molecule has 0 saturated heterocycles. The molecule has 5 heterocycles. The molecule has 0 saturated carbocycles. The number of hydrogen-bond donors (Lipinski definition) is 6. The minimum atomic E-state index is -0.335. The van der Waals surface area contributed by atoms with Crippen LogP contribution in [-0.2, 0) is 17.1 Å². The van der Waals surface area contributed by atoms with Crippen molar-refractivity contribution in [2.75, 3.05) is 10.6 Å². The molecule has 277 valence electrons. The van der Waals surface area contributed by atoms with Crippen molar-refractivity contribution in [3.8, 4) is 0 Å². The summed E-state index contributed by atoms with van der Waals surface area (Å²) in [5.41, 5.74) is 4.64. The smallest absolute Gasteiger partial charge is 0.445 e. The van der Waals surface area contributed by atoms with Crippen LogP contribution in [-0.4, -0.2) is 9.97 Å². The molecular weight excluding hydrogens is 752 g/mol. The van der Waals surface area contributed by atoms with Crippen molar-refractivity contribution < 1.29 is 17.1 Å². The van der Waals surface area contributed by atoms with E-state index >= 15 is 0 Å². The van der Waals surface area contributed by atoms with Crippen molar-refractivity contribution >= 4 is 87.9 Å². The maximum absolute atomic E-state index is 5.52. The Morgan fingerprint density at radius 2 is 0.667 bits per heavy atom. The van der Waals surface area contributed by atoms with Gasteiger partial charge in [-0.25, -0.2) is 0 Å². The third kappa shape index (κ3) is 5.00. The molecular formula is C48H34CuN8. The Hall–Kier alpha value is -6.48. The first-order chi connectivity index (χ1) is 27.7. The van der Waals surface area contributed by atoms with Crippen molar-refractivity contribution in [2.24, 2.45) is 0 Å². The fourth-order valence-corrected chi connectivity index (χ4v) is 9.42. The van der Waals surface area contributed by atoms with Crippen LogP contribution >= 0.6 is 0 Å². The Morgan fingerprint density at radius 3 is 1.04 bits per heavy atom. The van der Waals surface area contributed by atoms with Crippen LogP contribution in [0.4, 0.5) is 23.3 Å². The molecule has 8 aromatic carbocycles. The monoisotopic (exact) mass is 785 g/mol. The van der Waals surface area contributed by atoms with E-state index in [9.17, 15) is 0 Å². The summed E-state index contributed by atoms with van der Waals surface area (Å²) in [6.07, 6.45) is -1.07. The summed E-state index contributed by atoms with van der Waals surface area (Å²) in [6, 6.07) is 52.5. The molecule has 3 aliphatic rings. The topological polar surface area (TPSA) is 108 Å². The summed E-state index contributed by atoms with van der Waals surface area (Å²) in [5, 5.41) is 40.5. The number of hydrogen-bond acceptors (Lipinski definition) is 4. The van der Waals surface area contributed by atoms with E-state index in [2.05, 4.69) is 177 Å². The number of fused-ring (bicyclic) bond motifs is 24. The molecule has 6 N–H and O–H groups in total. The number of aromatic amines is 2. The Kier molecular flexibility index (Phi) is 7.04.